The summed E-state index contributed by atoms with van der Waals surface area (Å²) >= 11 is 0. The van der Waals surface area contributed by atoms with Crippen molar-refractivity contribution in [3.05, 3.63) is 30.9 Å². The Kier molecular flexibility index (Phi) is 4.71. The summed E-state index contributed by atoms with van der Waals surface area (Å²) in [5, 5.41) is 14.5. The second-order valence-corrected chi connectivity index (χ2v) is 6.39. The van der Waals surface area contributed by atoms with E-state index >= 15 is 0 Å². The highest BCUT2D eigenvalue weighted by Crippen LogP contribution is 2.35. The van der Waals surface area contributed by atoms with Crippen molar-refractivity contribution in [2.75, 3.05) is 26.5 Å². The van der Waals surface area contributed by atoms with Gasteiger partial charge in [0.05, 0.1) is 6.54 Å². The Labute approximate surface area is 145 Å². The van der Waals surface area contributed by atoms with Gasteiger partial charge in [-0.15, -0.1) is 0 Å². The van der Waals surface area contributed by atoms with Gasteiger partial charge in [-0.05, 0) is 31.5 Å². The largest absolute Gasteiger partial charge is 0.491 e. The number of aromatic nitrogens is 3. The van der Waals surface area contributed by atoms with E-state index in [2.05, 4.69) is 15.0 Å². The number of likely N-dealkylation sites (tertiary alicyclic amines) is 1. The average molecular weight is 346 g/mol. The first-order chi connectivity index (χ1) is 12.3. The summed E-state index contributed by atoms with van der Waals surface area (Å²) in [6.07, 6.45) is 4.97. The van der Waals surface area contributed by atoms with E-state index in [1.54, 1.807) is 18.7 Å². The molecular weight excluding hydrogens is 324 g/mol. The third kappa shape index (κ3) is 3.85. The molecule has 2 aliphatic heterocycles. The molecule has 0 radical (unpaired) electrons. The molecule has 1 aromatic heterocycles. The highest BCUT2D eigenvalue weighted by molar-refractivity contribution is 5.46. The van der Waals surface area contributed by atoms with Crippen molar-refractivity contribution >= 4 is 0 Å². The lowest BCUT2D eigenvalue weighted by atomic mass is 10.2. The van der Waals surface area contributed by atoms with Crippen LogP contribution in [-0.2, 0) is 6.54 Å². The van der Waals surface area contributed by atoms with Crippen LogP contribution in [0.3, 0.4) is 0 Å². The van der Waals surface area contributed by atoms with Gasteiger partial charge in [0.2, 0.25) is 6.79 Å². The molecule has 2 aromatic rings. The van der Waals surface area contributed by atoms with Crippen LogP contribution in [-0.4, -0.2) is 63.4 Å². The molecule has 0 bridgehead atoms. The molecule has 2 atom stereocenters. The fraction of sp³-hybridized carbons (Fsp3) is 0.529. The van der Waals surface area contributed by atoms with E-state index in [0.717, 1.165) is 31.7 Å². The van der Waals surface area contributed by atoms with Crippen molar-refractivity contribution in [1.29, 1.82) is 0 Å². The molecule has 4 rings (SSSR count). The smallest absolute Gasteiger partial charge is 0.231 e. The Morgan fingerprint density at radius 3 is 3.12 bits per heavy atom. The van der Waals surface area contributed by atoms with E-state index < -0.39 is 6.10 Å². The number of ether oxygens (including phenoxy) is 3. The molecule has 1 saturated heterocycles. The molecule has 8 nitrogen and oxygen atoms in total. The molecule has 0 amide bonds. The van der Waals surface area contributed by atoms with Crippen LogP contribution in [0.25, 0.3) is 0 Å². The normalized spacial score (nSPS) is 20.8. The van der Waals surface area contributed by atoms with Gasteiger partial charge < -0.3 is 19.3 Å². The van der Waals surface area contributed by atoms with Crippen molar-refractivity contribution in [1.82, 2.24) is 19.7 Å². The molecule has 25 heavy (non-hydrogen) atoms. The molecule has 134 valence electrons. The zero-order valence-electron chi connectivity index (χ0n) is 14.0. The van der Waals surface area contributed by atoms with Gasteiger partial charge in [0.15, 0.2) is 11.5 Å². The van der Waals surface area contributed by atoms with Gasteiger partial charge in [0.25, 0.3) is 0 Å². The third-order valence-corrected chi connectivity index (χ3v) is 4.60. The number of aliphatic hydroxyl groups excluding tert-OH is 1. The molecule has 0 aliphatic carbocycles. The first kappa shape index (κ1) is 16.2. The third-order valence-electron chi connectivity index (χ3n) is 4.60. The van der Waals surface area contributed by atoms with Gasteiger partial charge in [0.1, 0.15) is 31.1 Å². The molecule has 2 unspecified atom stereocenters. The topological polar surface area (TPSA) is 81.9 Å². The number of hydrogen-bond donors (Lipinski definition) is 1. The molecule has 0 spiro atoms. The van der Waals surface area contributed by atoms with Gasteiger partial charge >= 0.3 is 0 Å². The van der Waals surface area contributed by atoms with E-state index in [1.807, 2.05) is 16.8 Å². The number of hydrogen-bond acceptors (Lipinski definition) is 7. The maximum absolute atomic E-state index is 10.4. The van der Waals surface area contributed by atoms with Crippen molar-refractivity contribution in [2.45, 2.75) is 31.5 Å². The fourth-order valence-corrected chi connectivity index (χ4v) is 3.37. The van der Waals surface area contributed by atoms with E-state index in [1.165, 1.54) is 0 Å². The van der Waals surface area contributed by atoms with Crippen molar-refractivity contribution in [2.24, 2.45) is 0 Å². The minimum absolute atomic E-state index is 0.240. The quantitative estimate of drug-likeness (QED) is 0.798. The molecule has 1 fully saturated rings. The minimum Gasteiger partial charge on any atom is -0.491 e. The highest BCUT2D eigenvalue weighted by atomic mass is 16.7. The Morgan fingerprint density at radius 2 is 2.24 bits per heavy atom. The molecule has 3 heterocycles. The second-order valence-electron chi connectivity index (χ2n) is 6.39. The molecule has 1 aromatic carbocycles. The predicted octanol–water partition coefficient (Wildman–Crippen LogP) is 0.911. The van der Waals surface area contributed by atoms with Gasteiger partial charge in [-0.2, -0.15) is 5.10 Å². The number of benzene rings is 1. The summed E-state index contributed by atoms with van der Waals surface area (Å²) < 4.78 is 18.2. The molecular formula is C17H22N4O4. The standard InChI is InChI=1S/C17H22N4O4/c22-14(9-23-15-3-4-16-17(6-15)25-12-24-16)8-20-5-1-2-13(20)7-21-11-18-10-19-21/h3-4,6,10-11,13-14,22H,1-2,5,7-9,12H2. The maximum atomic E-state index is 10.4. The van der Waals surface area contributed by atoms with Gasteiger partial charge in [0, 0.05) is 18.7 Å². The summed E-state index contributed by atoms with van der Waals surface area (Å²) in [6.45, 7) is 2.86. The van der Waals surface area contributed by atoms with E-state index in [9.17, 15) is 5.11 Å². The number of fused-ring (bicyclic) bond motifs is 1. The summed E-state index contributed by atoms with van der Waals surface area (Å²) in [4.78, 5) is 6.28. The lowest BCUT2D eigenvalue weighted by Gasteiger charge is -2.26. The van der Waals surface area contributed by atoms with Crippen molar-refractivity contribution in [3.63, 3.8) is 0 Å². The van der Waals surface area contributed by atoms with Crippen LogP contribution in [0.4, 0.5) is 0 Å². The lowest BCUT2D eigenvalue weighted by Crippen LogP contribution is -2.40. The van der Waals surface area contributed by atoms with Crippen LogP contribution in [0.2, 0.25) is 0 Å². The predicted molar refractivity (Wildman–Crippen MR) is 88.7 cm³/mol. The number of aliphatic hydroxyl groups is 1. The number of rotatable bonds is 7. The Hall–Kier alpha value is -2.32. The molecule has 8 heteroatoms. The van der Waals surface area contributed by atoms with Crippen LogP contribution in [0.5, 0.6) is 17.2 Å². The summed E-state index contributed by atoms with van der Waals surface area (Å²) in [5.41, 5.74) is 0. The summed E-state index contributed by atoms with van der Waals surface area (Å²) in [6, 6.07) is 5.81. The van der Waals surface area contributed by atoms with Crippen LogP contribution >= 0.6 is 0 Å². The Morgan fingerprint density at radius 1 is 1.32 bits per heavy atom. The van der Waals surface area contributed by atoms with E-state index in [4.69, 9.17) is 14.2 Å². The van der Waals surface area contributed by atoms with Crippen LogP contribution in [0.15, 0.2) is 30.9 Å². The first-order valence-electron chi connectivity index (χ1n) is 8.55. The monoisotopic (exact) mass is 346 g/mol. The highest BCUT2D eigenvalue weighted by Gasteiger charge is 2.27. The number of β-amino-alcohol motifs (C(OH)–C–C–N with tert-alkyl or cyclic N) is 1. The van der Waals surface area contributed by atoms with E-state index in [-0.39, 0.29) is 13.4 Å². The Bertz CT molecular complexity index is 694. The van der Waals surface area contributed by atoms with Gasteiger partial charge in [-0.3, -0.25) is 9.58 Å². The minimum atomic E-state index is -0.554. The van der Waals surface area contributed by atoms with Crippen LogP contribution in [0.1, 0.15) is 12.8 Å². The fourth-order valence-electron chi connectivity index (χ4n) is 3.37. The second kappa shape index (κ2) is 7.28. The molecule has 0 saturated carbocycles. The molecule has 1 N–H and O–H groups in total. The van der Waals surface area contributed by atoms with Crippen molar-refractivity contribution in [3.8, 4) is 17.2 Å². The SMILES string of the molecule is OC(COc1ccc2c(c1)OCO2)CN1CCCC1Cn1cncn1. The Balaban J connectivity index is 1.27. The van der Waals surface area contributed by atoms with Crippen LogP contribution in [0, 0.1) is 0 Å². The van der Waals surface area contributed by atoms with Gasteiger partial charge in [-0.1, -0.05) is 0 Å². The van der Waals surface area contributed by atoms with Crippen molar-refractivity contribution < 1.29 is 19.3 Å². The first-order valence-corrected chi connectivity index (χ1v) is 8.55. The summed E-state index contributed by atoms with van der Waals surface area (Å²) in [7, 11) is 0. The number of nitrogens with zero attached hydrogens (tertiary/aromatic N) is 4. The zero-order chi connectivity index (χ0) is 17.1. The van der Waals surface area contributed by atoms with Crippen LogP contribution < -0.4 is 14.2 Å². The maximum Gasteiger partial charge on any atom is 0.231 e. The summed E-state index contributed by atoms with van der Waals surface area (Å²) in [5.74, 6) is 2.07. The lowest BCUT2D eigenvalue weighted by molar-refractivity contribution is 0.0609. The average Bonchev–Trinajstić information content (AvgIpc) is 3.35. The zero-order valence-corrected chi connectivity index (χ0v) is 14.0. The van der Waals surface area contributed by atoms with Gasteiger partial charge in [-0.25, -0.2) is 4.98 Å². The van der Waals surface area contributed by atoms with E-state index in [0.29, 0.717) is 24.1 Å². The molecule has 2 aliphatic rings.